The molecule has 0 N–H and O–H groups in total. The van der Waals surface area contributed by atoms with Gasteiger partial charge in [0.2, 0.25) is 5.91 Å². The Kier molecular flexibility index (Phi) is 5.09. The van der Waals surface area contributed by atoms with E-state index in [4.69, 9.17) is 4.74 Å². The van der Waals surface area contributed by atoms with Gasteiger partial charge >= 0.3 is 0 Å². The lowest BCUT2D eigenvalue weighted by molar-refractivity contribution is -0.118. The predicted octanol–water partition coefficient (Wildman–Crippen LogP) is 3.73. The Hall–Kier alpha value is -2.80. The molecular formula is C21H22N4O2S. The van der Waals surface area contributed by atoms with E-state index < -0.39 is 0 Å². The number of fused-ring (bicyclic) bond motifs is 1. The number of nitrogens with zero attached hydrogens (tertiary/aromatic N) is 4. The first-order chi connectivity index (χ1) is 13.6. The maximum absolute atomic E-state index is 13.2. The molecule has 1 amide bonds. The summed E-state index contributed by atoms with van der Waals surface area (Å²) >= 11 is 1.41. The van der Waals surface area contributed by atoms with E-state index in [-0.39, 0.29) is 17.2 Å². The maximum atomic E-state index is 13.2. The molecule has 4 rings (SSSR count). The molecule has 0 unspecified atom stereocenters. The van der Waals surface area contributed by atoms with Gasteiger partial charge < -0.3 is 9.64 Å². The van der Waals surface area contributed by atoms with Crippen LogP contribution in [0.2, 0.25) is 0 Å². The molecule has 1 aromatic heterocycles. The van der Waals surface area contributed by atoms with Crippen molar-refractivity contribution in [2.45, 2.75) is 36.7 Å². The Morgan fingerprint density at radius 3 is 2.68 bits per heavy atom. The summed E-state index contributed by atoms with van der Waals surface area (Å²) in [6, 6.07) is 15.9. The third kappa shape index (κ3) is 3.26. The molecule has 1 aliphatic heterocycles. The van der Waals surface area contributed by atoms with E-state index in [0.29, 0.717) is 5.16 Å². The molecule has 2 heterocycles. The average molecular weight is 395 g/mol. The van der Waals surface area contributed by atoms with Gasteiger partial charge in [0.25, 0.3) is 0 Å². The Balaban J connectivity index is 1.58. The molecule has 0 saturated carbocycles. The Morgan fingerprint density at radius 2 is 1.89 bits per heavy atom. The summed E-state index contributed by atoms with van der Waals surface area (Å²) in [6.45, 7) is 4.01. The number of hydrogen-bond acceptors (Lipinski definition) is 5. The van der Waals surface area contributed by atoms with Crippen LogP contribution in [0.15, 0.2) is 60.0 Å². The molecule has 0 aliphatic carbocycles. The first-order valence-corrected chi connectivity index (χ1v) is 10.1. The number of aromatic nitrogens is 3. The van der Waals surface area contributed by atoms with Crippen LogP contribution in [0, 0.1) is 0 Å². The van der Waals surface area contributed by atoms with Crippen LogP contribution in [0.5, 0.6) is 5.75 Å². The number of thioether (sulfide) groups is 1. The zero-order chi connectivity index (χ0) is 19.7. The van der Waals surface area contributed by atoms with Crippen molar-refractivity contribution in [3.63, 3.8) is 0 Å². The SMILES string of the molecule is COc1ccccc1-n1cnnc1S[C@H](C)C(=O)N1c2ccccc2C[C@@H]1C. The number of ether oxygens (including phenoxy) is 1. The van der Waals surface area contributed by atoms with Gasteiger partial charge in [0.1, 0.15) is 12.1 Å². The lowest BCUT2D eigenvalue weighted by atomic mass is 10.1. The molecule has 0 saturated heterocycles. The number of para-hydroxylation sites is 3. The summed E-state index contributed by atoms with van der Waals surface area (Å²) in [7, 11) is 1.63. The van der Waals surface area contributed by atoms with Crippen molar-refractivity contribution in [3.05, 3.63) is 60.4 Å². The Labute approximate surface area is 168 Å². The van der Waals surface area contributed by atoms with Crippen LogP contribution in [0.25, 0.3) is 5.69 Å². The summed E-state index contributed by atoms with van der Waals surface area (Å²) in [5.41, 5.74) is 3.08. The second-order valence-electron chi connectivity index (χ2n) is 6.81. The third-order valence-corrected chi connectivity index (χ3v) is 5.98. The Bertz CT molecular complexity index is 1000. The first kappa shape index (κ1) is 18.6. The quantitative estimate of drug-likeness (QED) is 0.617. The molecule has 28 heavy (non-hydrogen) atoms. The molecule has 3 aromatic rings. The minimum absolute atomic E-state index is 0.0806. The fourth-order valence-electron chi connectivity index (χ4n) is 3.60. The minimum Gasteiger partial charge on any atom is -0.495 e. The van der Waals surface area contributed by atoms with Crippen LogP contribution < -0.4 is 9.64 Å². The van der Waals surface area contributed by atoms with Gasteiger partial charge in [-0.2, -0.15) is 0 Å². The standard InChI is InChI=1S/C21H22N4O2S/c1-14-12-16-8-4-5-9-17(16)25(14)20(26)15(2)28-21-23-22-13-24(21)18-10-6-7-11-19(18)27-3/h4-11,13-15H,12H2,1-3H3/t14-,15+/m0/s1. The van der Waals surface area contributed by atoms with Gasteiger partial charge in [0, 0.05) is 11.7 Å². The number of rotatable bonds is 5. The number of amides is 1. The van der Waals surface area contributed by atoms with E-state index >= 15 is 0 Å². The van der Waals surface area contributed by atoms with Crippen molar-refractivity contribution in [3.8, 4) is 11.4 Å². The van der Waals surface area contributed by atoms with Crippen molar-refractivity contribution < 1.29 is 9.53 Å². The number of carbonyl (C=O) groups excluding carboxylic acids is 1. The molecule has 0 fully saturated rings. The smallest absolute Gasteiger partial charge is 0.240 e. The van der Waals surface area contributed by atoms with Crippen LogP contribution in [0.3, 0.4) is 0 Å². The minimum atomic E-state index is -0.300. The van der Waals surface area contributed by atoms with E-state index in [1.807, 2.05) is 58.9 Å². The second-order valence-corrected chi connectivity index (χ2v) is 8.11. The zero-order valence-corrected chi connectivity index (χ0v) is 16.9. The van der Waals surface area contributed by atoms with Crippen molar-refractivity contribution >= 4 is 23.4 Å². The number of carbonyl (C=O) groups is 1. The van der Waals surface area contributed by atoms with Gasteiger partial charge in [-0.05, 0) is 44.0 Å². The summed E-state index contributed by atoms with van der Waals surface area (Å²) in [6.07, 6.45) is 2.53. The molecule has 6 nitrogen and oxygen atoms in total. The van der Waals surface area contributed by atoms with Gasteiger partial charge in [-0.3, -0.25) is 9.36 Å². The number of benzene rings is 2. The third-order valence-electron chi connectivity index (χ3n) is 4.94. The van der Waals surface area contributed by atoms with Gasteiger partial charge in [0.05, 0.1) is 18.0 Å². The molecule has 2 aromatic carbocycles. The molecule has 1 aliphatic rings. The highest BCUT2D eigenvalue weighted by Gasteiger charge is 2.34. The largest absolute Gasteiger partial charge is 0.495 e. The molecule has 144 valence electrons. The maximum Gasteiger partial charge on any atom is 0.240 e. The van der Waals surface area contributed by atoms with Crippen molar-refractivity contribution in [2.24, 2.45) is 0 Å². The van der Waals surface area contributed by atoms with Crippen LogP contribution in [0.4, 0.5) is 5.69 Å². The summed E-state index contributed by atoms with van der Waals surface area (Å²) in [4.78, 5) is 15.2. The van der Waals surface area contributed by atoms with E-state index in [0.717, 1.165) is 23.5 Å². The number of anilines is 1. The van der Waals surface area contributed by atoms with Gasteiger partial charge in [-0.15, -0.1) is 10.2 Å². The number of hydrogen-bond donors (Lipinski definition) is 0. The zero-order valence-electron chi connectivity index (χ0n) is 16.1. The molecule has 0 bridgehead atoms. The highest BCUT2D eigenvalue weighted by Crippen LogP contribution is 2.35. The van der Waals surface area contributed by atoms with Crippen LogP contribution in [0.1, 0.15) is 19.4 Å². The van der Waals surface area contributed by atoms with E-state index in [1.165, 1.54) is 17.3 Å². The average Bonchev–Trinajstić information content (AvgIpc) is 3.30. The van der Waals surface area contributed by atoms with Gasteiger partial charge in [0.15, 0.2) is 5.16 Å². The van der Waals surface area contributed by atoms with E-state index in [2.05, 4.69) is 23.2 Å². The molecule has 2 atom stereocenters. The monoisotopic (exact) mass is 394 g/mol. The van der Waals surface area contributed by atoms with Gasteiger partial charge in [-0.1, -0.05) is 42.1 Å². The van der Waals surface area contributed by atoms with Crippen molar-refractivity contribution in [1.29, 1.82) is 0 Å². The first-order valence-electron chi connectivity index (χ1n) is 9.21. The highest BCUT2D eigenvalue weighted by atomic mass is 32.2. The summed E-state index contributed by atoms with van der Waals surface area (Å²) in [5.74, 6) is 0.808. The summed E-state index contributed by atoms with van der Waals surface area (Å²) < 4.78 is 7.31. The van der Waals surface area contributed by atoms with Crippen LogP contribution in [-0.4, -0.2) is 39.1 Å². The Morgan fingerprint density at radius 1 is 1.18 bits per heavy atom. The lowest BCUT2D eigenvalue weighted by Gasteiger charge is -2.25. The number of methoxy groups -OCH3 is 1. The highest BCUT2D eigenvalue weighted by molar-refractivity contribution is 8.00. The predicted molar refractivity (Wildman–Crippen MR) is 110 cm³/mol. The normalized spacial score (nSPS) is 16.7. The second kappa shape index (κ2) is 7.67. The van der Waals surface area contributed by atoms with E-state index in [9.17, 15) is 4.79 Å². The van der Waals surface area contributed by atoms with Crippen molar-refractivity contribution in [2.75, 3.05) is 12.0 Å². The molecular weight excluding hydrogens is 372 g/mol. The fraction of sp³-hybridized carbons (Fsp3) is 0.286. The van der Waals surface area contributed by atoms with Crippen molar-refractivity contribution in [1.82, 2.24) is 14.8 Å². The van der Waals surface area contributed by atoms with Crippen LogP contribution >= 0.6 is 11.8 Å². The summed E-state index contributed by atoms with van der Waals surface area (Å²) in [5, 5.41) is 8.63. The molecule has 7 heteroatoms. The fourth-order valence-corrected chi connectivity index (χ4v) is 4.49. The topological polar surface area (TPSA) is 60.2 Å². The molecule has 0 radical (unpaired) electrons. The van der Waals surface area contributed by atoms with Crippen LogP contribution in [-0.2, 0) is 11.2 Å². The van der Waals surface area contributed by atoms with E-state index in [1.54, 1.807) is 13.4 Å². The van der Waals surface area contributed by atoms with Gasteiger partial charge in [-0.25, -0.2) is 0 Å². The lowest BCUT2D eigenvalue weighted by Crippen LogP contribution is -2.40. The molecule has 0 spiro atoms.